The maximum atomic E-state index is 13.2. The second-order valence-corrected chi connectivity index (χ2v) is 14.2. The predicted molar refractivity (Wildman–Crippen MR) is 160 cm³/mol. The molecule has 3 aliphatic carbocycles. The standard InChI is InChI=1S/C29H54N6O11/c30-8-18-17(37)5-16(35-9-11-1-13(31)2-11)27(43-18)46-26-15(33)3-12(4-20(38)29(42)6-14(32)7-29)25(24(26)41)45-28-23(40)21(34)22(39)19(10-36)44-28/h11-19,21-28,35-37,39-42H,1-10,30-34H2/t11?,12-,13?,14?,15-,16+,17-,18+,19+,21-,22+,23+,24+,25-,26+,27+,28+,29?/m0/s1. The average Bonchev–Trinajstić information content (AvgIpc) is 2.98. The van der Waals surface area contributed by atoms with E-state index in [4.69, 9.17) is 47.6 Å². The molecule has 2 aliphatic heterocycles. The van der Waals surface area contributed by atoms with Crippen molar-refractivity contribution in [1.82, 2.24) is 5.32 Å². The lowest BCUT2D eigenvalue weighted by molar-refractivity contribution is -0.320. The number of nitrogens with one attached hydrogen (secondary N) is 1. The van der Waals surface area contributed by atoms with Gasteiger partial charge in [0, 0.05) is 31.1 Å². The molecule has 2 saturated heterocycles. The number of aliphatic hydroxyl groups excluding tert-OH is 5. The summed E-state index contributed by atoms with van der Waals surface area (Å²) in [6.07, 6.45) is -9.86. The molecular weight excluding hydrogens is 608 g/mol. The highest BCUT2D eigenvalue weighted by molar-refractivity contribution is 5.88. The van der Waals surface area contributed by atoms with E-state index < -0.39 is 103 Å². The molecule has 17 heteroatoms. The molecule has 46 heavy (non-hydrogen) atoms. The van der Waals surface area contributed by atoms with E-state index in [1.807, 2.05) is 0 Å². The molecule has 5 rings (SSSR count). The molecule has 266 valence electrons. The number of hydrogen-bond acceptors (Lipinski definition) is 17. The fraction of sp³-hybridized carbons (Fsp3) is 0.966. The third kappa shape index (κ3) is 7.60. The average molecular weight is 663 g/mol. The van der Waals surface area contributed by atoms with Crippen LogP contribution in [0.4, 0.5) is 0 Å². The molecule has 5 fully saturated rings. The Morgan fingerprint density at radius 2 is 1.50 bits per heavy atom. The summed E-state index contributed by atoms with van der Waals surface area (Å²) in [4.78, 5) is 13.2. The number of rotatable bonds is 12. The van der Waals surface area contributed by atoms with Gasteiger partial charge < -0.3 is 83.6 Å². The van der Waals surface area contributed by atoms with Crippen LogP contribution in [0.5, 0.6) is 0 Å². The summed E-state index contributed by atoms with van der Waals surface area (Å²) in [5.74, 6) is -0.868. The number of ketones is 1. The van der Waals surface area contributed by atoms with E-state index >= 15 is 0 Å². The third-order valence-corrected chi connectivity index (χ3v) is 10.6. The number of aliphatic hydroxyl groups is 6. The topological polar surface area (TPSA) is 318 Å². The molecule has 2 heterocycles. The maximum absolute atomic E-state index is 13.2. The zero-order chi connectivity index (χ0) is 33.5. The lowest BCUT2D eigenvalue weighted by atomic mass is 9.69. The Kier molecular flexibility index (Phi) is 11.7. The van der Waals surface area contributed by atoms with Gasteiger partial charge in [-0.05, 0) is 56.9 Å². The van der Waals surface area contributed by atoms with Gasteiger partial charge in [-0.1, -0.05) is 0 Å². The highest BCUT2D eigenvalue weighted by Crippen LogP contribution is 2.39. The predicted octanol–water partition coefficient (Wildman–Crippen LogP) is -5.83. The van der Waals surface area contributed by atoms with E-state index in [9.17, 15) is 35.4 Å². The zero-order valence-electron chi connectivity index (χ0n) is 26.0. The van der Waals surface area contributed by atoms with Crippen LogP contribution in [0.1, 0.15) is 44.9 Å². The van der Waals surface area contributed by atoms with Crippen molar-refractivity contribution >= 4 is 5.78 Å². The SMILES string of the molecule is NC[C@H]1O[C@H](O[C@H]2[C@H](O)[C@@H](O[C@H]3O[C@H](CO)[C@@H](O)[C@H](N)[C@H]3O)[C@H](CC(=O)C3(O)CC(N)C3)C[C@@H]2N)[C@H](NCC2CC(N)C2)C[C@@H]1O. The summed E-state index contributed by atoms with van der Waals surface area (Å²) in [6, 6.07) is -2.68. The second-order valence-electron chi connectivity index (χ2n) is 14.2. The van der Waals surface area contributed by atoms with E-state index in [2.05, 4.69) is 5.32 Å². The first-order valence-electron chi connectivity index (χ1n) is 16.4. The molecule has 5 aliphatic rings. The third-order valence-electron chi connectivity index (χ3n) is 10.6. The van der Waals surface area contributed by atoms with E-state index in [0.29, 0.717) is 12.5 Å². The quantitative estimate of drug-likeness (QED) is 0.0925. The normalized spacial score (nSPS) is 51.2. The van der Waals surface area contributed by atoms with Crippen LogP contribution in [0.15, 0.2) is 0 Å². The largest absolute Gasteiger partial charge is 0.394 e. The number of nitrogens with two attached hydrogens (primary N) is 5. The summed E-state index contributed by atoms with van der Waals surface area (Å²) in [7, 11) is 0. The van der Waals surface area contributed by atoms with Gasteiger partial charge in [0.15, 0.2) is 18.4 Å². The van der Waals surface area contributed by atoms with E-state index in [1.54, 1.807) is 0 Å². The van der Waals surface area contributed by atoms with Crippen molar-refractivity contribution in [2.24, 2.45) is 40.5 Å². The van der Waals surface area contributed by atoms with Gasteiger partial charge in [-0.2, -0.15) is 0 Å². The fourth-order valence-electron chi connectivity index (χ4n) is 7.58. The smallest absolute Gasteiger partial charge is 0.186 e. The first kappa shape index (κ1) is 36.3. The molecule has 0 aromatic rings. The van der Waals surface area contributed by atoms with Gasteiger partial charge in [0.2, 0.25) is 0 Å². The lowest BCUT2D eigenvalue weighted by Crippen LogP contribution is -2.66. The van der Waals surface area contributed by atoms with Crippen molar-refractivity contribution in [3.8, 4) is 0 Å². The van der Waals surface area contributed by atoms with Gasteiger partial charge in [-0.25, -0.2) is 0 Å². The molecule has 14 atom stereocenters. The molecule has 0 unspecified atom stereocenters. The number of ether oxygens (including phenoxy) is 4. The fourth-order valence-corrected chi connectivity index (χ4v) is 7.58. The monoisotopic (exact) mass is 662 g/mol. The highest BCUT2D eigenvalue weighted by atomic mass is 16.7. The van der Waals surface area contributed by atoms with Crippen molar-refractivity contribution in [1.29, 1.82) is 0 Å². The van der Waals surface area contributed by atoms with Crippen LogP contribution in [-0.4, -0.2) is 153 Å². The minimum absolute atomic E-state index is 0.0298. The Morgan fingerprint density at radius 3 is 2.11 bits per heavy atom. The lowest BCUT2D eigenvalue weighted by Gasteiger charge is -2.49. The van der Waals surface area contributed by atoms with Crippen molar-refractivity contribution in [2.75, 3.05) is 19.7 Å². The summed E-state index contributed by atoms with van der Waals surface area (Å²) >= 11 is 0. The van der Waals surface area contributed by atoms with Gasteiger partial charge in [0.1, 0.15) is 36.1 Å². The van der Waals surface area contributed by atoms with E-state index in [0.717, 1.165) is 12.8 Å². The van der Waals surface area contributed by atoms with Crippen LogP contribution in [0.25, 0.3) is 0 Å². The summed E-state index contributed by atoms with van der Waals surface area (Å²) in [5, 5.41) is 67.5. The van der Waals surface area contributed by atoms with Gasteiger partial charge >= 0.3 is 0 Å². The minimum atomic E-state index is -1.60. The molecule has 17 N–H and O–H groups in total. The molecule has 0 aromatic carbocycles. The van der Waals surface area contributed by atoms with E-state index in [1.165, 1.54) is 0 Å². The van der Waals surface area contributed by atoms with Crippen molar-refractivity contribution in [3.63, 3.8) is 0 Å². The van der Waals surface area contributed by atoms with Crippen molar-refractivity contribution in [2.45, 2.75) is 142 Å². The van der Waals surface area contributed by atoms with Gasteiger partial charge in [0.25, 0.3) is 0 Å². The molecule has 0 bridgehead atoms. The van der Waals surface area contributed by atoms with Crippen LogP contribution < -0.4 is 34.0 Å². The second kappa shape index (κ2) is 14.9. The Balaban J connectivity index is 1.35. The van der Waals surface area contributed by atoms with Gasteiger partial charge in [0.05, 0.1) is 37.0 Å². The minimum Gasteiger partial charge on any atom is -0.394 e. The number of Topliss-reactive ketones (excluding diaryl/α,β-unsaturated/α-hetero) is 1. The number of carbonyl (C=O) groups excluding carboxylic acids is 1. The maximum Gasteiger partial charge on any atom is 0.186 e. The first-order valence-corrected chi connectivity index (χ1v) is 16.4. The molecule has 0 radical (unpaired) electrons. The Morgan fingerprint density at radius 1 is 0.848 bits per heavy atom. The van der Waals surface area contributed by atoms with Crippen LogP contribution in [0.2, 0.25) is 0 Å². The van der Waals surface area contributed by atoms with Crippen LogP contribution in [0.3, 0.4) is 0 Å². The summed E-state index contributed by atoms with van der Waals surface area (Å²) < 4.78 is 24.2. The molecule has 3 saturated carbocycles. The van der Waals surface area contributed by atoms with Gasteiger partial charge in [-0.3, -0.25) is 4.79 Å². The Hall–Kier alpha value is -0.970. The molecule has 0 aromatic heterocycles. The van der Waals surface area contributed by atoms with Crippen molar-refractivity contribution < 1.29 is 54.4 Å². The highest BCUT2D eigenvalue weighted by Gasteiger charge is 2.54. The van der Waals surface area contributed by atoms with E-state index in [-0.39, 0.29) is 50.7 Å². The molecule has 17 nitrogen and oxygen atoms in total. The number of carbonyl (C=O) groups is 1. The van der Waals surface area contributed by atoms with Crippen LogP contribution >= 0.6 is 0 Å². The van der Waals surface area contributed by atoms with Gasteiger partial charge in [-0.15, -0.1) is 0 Å². The Labute approximate surface area is 268 Å². The molecular formula is C29H54N6O11. The summed E-state index contributed by atoms with van der Waals surface area (Å²) in [6.45, 7) is 0.0370. The Bertz CT molecular complexity index is 1020. The molecule has 0 spiro atoms. The van der Waals surface area contributed by atoms with Crippen LogP contribution in [0, 0.1) is 11.8 Å². The van der Waals surface area contributed by atoms with Crippen molar-refractivity contribution in [3.05, 3.63) is 0 Å². The zero-order valence-corrected chi connectivity index (χ0v) is 26.0. The summed E-state index contributed by atoms with van der Waals surface area (Å²) in [5.41, 5.74) is 28.6. The molecule has 0 amide bonds. The first-order chi connectivity index (χ1) is 21.7. The van der Waals surface area contributed by atoms with Crippen LogP contribution in [-0.2, 0) is 23.7 Å². The number of hydrogen-bond donors (Lipinski definition) is 12.